The average molecular weight is 448 g/mol. The van der Waals surface area contributed by atoms with Crippen molar-refractivity contribution in [1.29, 1.82) is 0 Å². The van der Waals surface area contributed by atoms with Crippen LogP contribution in [0.1, 0.15) is 30.3 Å². The van der Waals surface area contributed by atoms with Crippen molar-refractivity contribution in [2.24, 2.45) is 5.92 Å². The molecule has 0 aliphatic carbocycles. The van der Waals surface area contributed by atoms with Crippen molar-refractivity contribution < 1.29 is 19.1 Å². The first-order valence-corrected chi connectivity index (χ1v) is 9.97. The molecule has 3 rings (SSSR count). The summed E-state index contributed by atoms with van der Waals surface area (Å²) in [4.78, 5) is 39.4. The Hall–Kier alpha value is -2.61. The number of nitrogens with one attached hydrogen (secondary N) is 3. The van der Waals surface area contributed by atoms with Gasteiger partial charge in [0.2, 0.25) is 5.91 Å². The molecule has 3 N–H and O–H groups in total. The lowest BCUT2D eigenvalue weighted by Crippen LogP contribution is -2.36. The highest BCUT2D eigenvalue weighted by atomic mass is 79.9. The minimum Gasteiger partial charge on any atom is -0.463 e. The highest BCUT2D eigenvalue weighted by Gasteiger charge is 2.27. The first-order chi connectivity index (χ1) is 13.5. The number of H-pyrrole nitrogens is 1. The lowest BCUT2D eigenvalue weighted by Gasteiger charge is -2.17. The third-order valence-corrected chi connectivity index (χ3v) is 5.09. The number of rotatable bonds is 7. The molecule has 1 aliphatic heterocycles. The molecule has 2 amide bonds. The summed E-state index contributed by atoms with van der Waals surface area (Å²) in [7, 11) is 0. The first kappa shape index (κ1) is 20.1. The van der Waals surface area contributed by atoms with Crippen molar-refractivity contribution in [3.05, 3.63) is 46.6 Å². The number of ether oxygens (including phenoxy) is 1. The van der Waals surface area contributed by atoms with Gasteiger partial charge in [-0.2, -0.15) is 0 Å². The van der Waals surface area contributed by atoms with Crippen LogP contribution in [0.15, 0.2) is 40.9 Å². The minimum absolute atomic E-state index is 0.0285. The molecule has 0 saturated carbocycles. The Morgan fingerprint density at radius 1 is 1.39 bits per heavy atom. The zero-order valence-electron chi connectivity index (χ0n) is 15.5. The number of fused-ring (bicyclic) bond motifs is 1. The van der Waals surface area contributed by atoms with Gasteiger partial charge in [0, 0.05) is 40.0 Å². The zero-order valence-corrected chi connectivity index (χ0v) is 17.0. The third kappa shape index (κ3) is 5.01. The van der Waals surface area contributed by atoms with E-state index in [-0.39, 0.29) is 24.3 Å². The van der Waals surface area contributed by atoms with Gasteiger partial charge in [0.15, 0.2) is 0 Å². The largest absolute Gasteiger partial charge is 0.463 e. The smallest absolute Gasteiger partial charge is 0.330 e. The van der Waals surface area contributed by atoms with Crippen LogP contribution in [-0.4, -0.2) is 42.0 Å². The first-order valence-electron chi connectivity index (χ1n) is 9.18. The lowest BCUT2D eigenvalue weighted by molar-refractivity contribution is -0.137. The molecule has 0 bridgehead atoms. The van der Waals surface area contributed by atoms with E-state index in [0.717, 1.165) is 15.4 Å². The van der Waals surface area contributed by atoms with Crippen LogP contribution in [0.4, 0.5) is 0 Å². The number of esters is 1. The maximum absolute atomic E-state index is 12.7. The third-order valence-electron chi connectivity index (χ3n) is 4.60. The summed E-state index contributed by atoms with van der Waals surface area (Å²) in [6.07, 6.45) is 4.00. The number of carbonyl (C=O) groups excluding carboxylic acids is 3. The van der Waals surface area contributed by atoms with Gasteiger partial charge < -0.3 is 20.4 Å². The molecule has 8 heteroatoms. The van der Waals surface area contributed by atoms with Crippen LogP contribution in [0.2, 0.25) is 0 Å². The molecule has 148 valence electrons. The number of aromatic amines is 1. The van der Waals surface area contributed by atoms with Gasteiger partial charge in [-0.1, -0.05) is 22.0 Å². The molecule has 28 heavy (non-hydrogen) atoms. The fraction of sp³-hybridized carbons (Fsp3) is 0.350. The molecule has 1 aromatic heterocycles. The standard InChI is InChI=1S/C20H22BrN3O4/c1-2-28-18(25)6-4-15(10-12-7-8-22-19(12)26)23-20(27)17-11-13-9-14(21)3-5-16(13)24-17/h3-6,9,11-12,15,24H,2,7-8,10H2,1H3,(H,22,26)(H,23,27)/t12-,15+/m0/s1. The molecule has 2 atom stereocenters. The number of hydrogen-bond donors (Lipinski definition) is 3. The van der Waals surface area contributed by atoms with Gasteiger partial charge in [0.1, 0.15) is 5.69 Å². The molecule has 1 aromatic carbocycles. The van der Waals surface area contributed by atoms with Crippen LogP contribution in [0.5, 0.6) is 0 Å². The molecule has 1 aliphatic rings. The molecular formula is C20H22BrN3O4. The van der Waals surface area contributed by atoms with Gasteiger partial charge in [-0.05, 0) is 44.0 Å². The number of benzene rings is 1. The average Bonchev–Trinajstić information content (AvgIpc) is 3.25. The Kier molecular flexibility index (Phi) is 6.51. The quantitative estimate of drug-likeness (QED) is 0.448. The second-order valence-corrected chi connectivity index (χ2v) is 7.53. The number of hydrogen-bond acceptors (Lipinski definition) is 4. The highest BCUT2D eigenvalue weighted by Crippen LogP contribution is 2.21. The maximum atomic E-state index is 12.7. The number of carbonyl (C=O) groups is 3. The van der Waals surface area contributed by atoms with E-state index in [1.807, 2.05) is 18.2 Å². The van der Waals surface area contributed by atoms with Crippen molar-refractivity contribution in [2.75, 3.05) is 13.2 Å². The Morgan fingerprint density at radius 2 is 2.21 bits per heavy atom. The SMILES string of the molecule is CCOC(=O)C=C[C@H](C[C@@H]1CCNC1=O)NC(=O)c1cc2cc(Br)ccc2[nH]1. The van der Waals surface area contributed by atoms with Crippen molar-refractivity contribution in [3.63, 3.8) is 0 Å². The minimum atomic E-state index is -0.479. The fourth-order valence-corrected chi connectivity index (χ4v) is 3.60. The predicted octanol–water partition coefficient (Wildman–Crippen LogP) is 2.67. The van der Waals surface area contributed by atoms with Crippen LogP contribution >= 0.6 is 15.9 Å². The van der Waals surface area contributed by atoms with Crippen molar-refractivity contribution in [1.82, 2.24) is 15.6 Å². The van der Waals surface area contributed by atoms with E-state index < -0.39 is 12.0 Å². The Bertz CT molecular complexity index is 921. The van der Waals surface area contributed by atoms with E-state index >= 15 is 0 Å². The van der Waals surface area contributed by atoms with Crippen LogP contribution in [0, 0.1) is 5.92 Å². The van der Waals surface area contributed by atoms with Gasteiger partial charge in [-0.3, -0.25) is 9.59 Å². The van der Waals surface area contributed by atoms with Crippen molar-refractivity contribution in [3.8, 4) is 0 Å². The highest BCUT2D eigenvalue weighted by molar-refractivity contribution is 9.10. The molecule has 7 nitrogen and oxygen atoms in total. The monoisotopic (exact) mass is 447 g/mol. The van der Waals surface area contributed by atoms with E-state index in [4.69, 9.17) is 4.74 Å². The second kappa shape index (κ2) is 9.05. The van der Waals surface area contributed by atoms with Crippen LogP contribution in [-0.2, 0) is 14.3 Å². The number of aromatic nitrogens is 1. The number of amides is 2. The van der Waals surface area contributed by atoms with E-state index in [2.05, 4.69) is 31.5 Å². The fourth-order valence-electron chi connectivity index (χ4n) is 3.22. The van der Waals surface area contributed by atoms with Gasteiger partial charge >= 0.3 is 5.97 Å². The second-order valence-electron chi connectivity index (χ2n) is 6.62. The summed E-state index contributed by atoms with van der Waals surface area (Å²) in [5, 5.41) is 6.60. The summed E-state index contributed by atoms with van der Waals surface area (Å²) >= 11 is 3.42. The summed E-state index contributed by atoms with van der Waals surface area (Å²) in [5.74, 6) is -1.01. The zero-order chi connectivity index (χ0) is 20.1. The summed E-state index contributed by atoms with van der Waals surface area (Å²) in [6, 6.07) is 7.00. The summed E-state index contributed by atoms with van der Waals surface area (Å²) < 4.78 is 5.82. The predicted molar refractivity (Wildman–Crippen MR) is 109 cm³/mol. The Balaban J connectivity index is 1.74. The van der Waals surface area contributed by atoms with E-state index in [1.165, 1.54) is 6.08 Å². The molecule has 1 fully saturated rings. The number of halogens is 1. The Labute approximate surface area is 171 Å². The van der Waals surface area contributed by atoms with Crippen molar-refractivity contribution >= 4 is 44.6 Å². The van der Waals surface area contributed by atoms with Crippen LogP contribution in [0.3, 0.4) is 0 Å². The maximum Gasteiger partial charge on any atom is 0.330 e. The van der Waals surface area contributed by atoms with Gasteiger partial charge in [0.25, 0.3) is 5.91 Å². The van der Waals surface area contributed by atoms with Gasteiger partial charge in [-0.25, -0.2) is 4.79 Å². The van der Waals surface area contributed by atoms with Gasteiger partial charge in [0.05, 0.1) is 6.61 Å². The van der Waals surface area contributed by atoms with Gasteiger partial charge in [-0.15, -0.1) is 0 Å². The van der Waals surface area contributed by atoms with Crippen LogP contribution < -0.4 is 10.6 Å². The topological polar surface area (TPSA) is 100 Å². The van der Waals surface area contributed by atoms with E-state index in [1.54, 1.807) is 19.1 Å². The molecule has 2 heterocycles. The van der Waals surface area contributed by atoms with Crippen molar-refractivity contribution in [2.45, 2.75) is 25.8 Å². The van der Waals surface area contributed by atoms with E-state index in [9.17, 15) is 14.4 Å². The molecule has 0 radical (unpaired) electrons. The lowest BCUT2D eigenvalue weighted by atomic mass is 9.98. The molecule has 2 aromatic rings. The van der Waals surface area contributed by atoms with Crippen LogP contribution in [0.25, 0.3) is 10.9 Å². The normalized spacial score (nSPS) is 17.6. The van der Waals surface area contributed by atoms with E-state index in [0.29, 0.717) is 25.1 Å². The summed E-state index contributed by atoms with van der Waals surface area (Å²) in [5.41, 5.74) is 1.26. The molecular weight excluding hydrogens is 426 g/mol. The molecule has 1 saturated heterocycles. The Morgan fingerprint density at radius 3 is 2.93 bits per heavy atom. The molecule has 0 spiro atoms. The summed E-state index contributed by atoms with van der Waals surface area (Å²) in [6.45, 7) is 2.63. The molecule has 0 unspecified atom stereocenters.